The number of hydrogen-bond acceptors (Lipinski definition) is 9. The summed E-state index contributed by atoms with van der Waals surface area (Å²) < 4.78 is 17.2. The van der Waals surface area contributed by atoms with Gasteiger partial charge in [0.25, 0.3) is 0 Å². The molecule has 240 valence electrons. The van der Waals surface area contributed by atoms with Gasteiger partial charge in [0, 0.05) is 6.61 Å². The molecular weight excluding hydrogens is 556 g/mol. The minimum absolute atomic E-state index is 0.00123. The molecule has 1 aliphatic heterocycles. The molecule has 0 aromatic rings. The standard InChI is InChI=1S/C33H54O8S/c1-32-14-12-21(40-16-6-4-5-7-17-42-31-29(37)28(36)27(35)26(19-34)41-31)18-20(32)8-9-22-23-10-11-25(30(38)39-3)33(23,2)15-13-24(22)32/h8,21-29,31,34-37H,4-7,9-19H2,1-3H3/t21-,22?,23?,24?,25+,26+,27+,28-,29-,31-,32-,33-/m0/s1. The van der Waals surface area contributed by atoms with Crippen molar-refractivity contribution < 1.29 is 39.4 Å². The van der Waals surface area contributed by atoms with Crippen molar-refractivity contribution in [2.75, 3.05) is 26.1 Å². The molecule has 3 unspecified atom stereocenters. The summed E-state index contributed by atoms with van der Waals surface area (Å²) in [5.41, 5.74) is 1.34. The lowest BCUT2D eigenvalue weighted by Gasteiger charge is -2.58. The summed E-state index contributed by atoms with van der Waals surface area (Å²) in [4.78, 5) is 12.6. The third-order valence-corrected chi connectivity index (χ3v) is 13.3. The van der Waals surface area contributed by atoms with Crippen LogP contribution in [0.2, 0.25) is 0 Å². The zero-order valence-electron chi connectivity index (χ0n) is 25.8. The predicted octanol–water partition coefficient (Wildman–Crippen LogP) is 4.22. The van der Waals surface area contributed by atoms with Crippen LogP contribution in [0, 0.1) is 34.5 Å². The van der Waals surface area contributed by atoms with E-state index in [-0.39, 0.29) is 29.3 Å². The van der Waals surface area contributed by atoms with Gasteiger partial charge >= 0.3 is 5.97 Å². The van der Waals surface area contributed by atoms with Crippen molar-refractivity contribution in [1.82, 2.24) is 0 Å². The molecule has 3 saturated carbocycles. The summed E-state index contributed by atoms with van der Waals surface area (Å²) in [5.74, 6) is 2.87. The number of methoxy groups -OCH3 is 1. The monoisotopic (exact) mass is 610 g/mol. The smallest absolute Gasteiger partial charge is 0.309 e. The number of unbranched alkanes of at least 4 members (excludes halogenated alkanes) is 3. The first-order valence-corrected chi connectivity index (χ1v) is 17.5. The number of allylic oxidation sites excluding steroid dienone is 1. The van der Waals surface area contributed by atoms with E-state index in [4.69, 9.17) is 14.2 Å². The number of ether oxygens (including phenoxy) is 3. The molecule has 0 aromatic carbocycles. The quantitative estimate of drug-likeness (QED) is 0.155. The van der Waals surface area contributed by atoms with Crippen molar-refractivity contribution in [3.8, 4) is 0 Å². The van der Waals surface area contributed by atoms with Crippen LogP contribution in [0.4, 0.5) is 0 Å². The number of rotatable bonds is 11. The Morgan fingerprint density at radius 3 is 2.55 bits per heavy atom. The highest BCUT2D eigenvalue weighted by atomic mass is 32.2. The maximum Gasteiger partial charge on any atom is 0.309 e. The molecule has 8 nitrogen and oxygen atoms in total. The summed E-state index contributed by atoms with van der Waals surface area (Å²) in [6.07, 6.45) is 11.4. The Balaban J connectivity index is 1.01. The van der Waals surface area contributed by atoms with E-state index in [2.05, 4.69) is 19.9 Å². The Morgan fingerprint density at radius 2 is 1.79 bits per heavy atom. The Labute approximate surface area is 256 Å². The highest BCUT2D eigenvalue weighted by Crippen LogP contribution is 2.66. The minimum Gasteiger partial charge on any atom is -0.469 e. The van der Waals surface area contributed by atoms with Crippen LogP contribution < -0.4 is 0 Å². The molecule has 5 rings (SSSR count). The molecule has 0 aromatic heterocycles. The van der Waals surface area contributed by atoms with Gasteiger partial charge in [-0.1, -0.05) is 38.3 Å². The molecule has 9 heteroatoms. The largest absolute Gasteiger partial charge is 0.469 e. The van der Waals surface area contributed by atoms with E-state index in [1.807, 2.05) is 0 Å². The van der Waals surface area contributed by atoms with Crippen LogP contribution in [-0.2, 0) is 19.0 Å². The summed E-state index contributed by atoms with van der Waals surface area (Å²) in [6, 6.07) is 0. The van der Waals surface area contributed by atoms with Gasteiger partial charge in [-0.05, 0) is 98.5 Å². The first kappa shape index (κ1) is 32.7. The van der Waals surface area contributed by atoms with Gasteiger partial charge in [0.1, 0.15) is 29.9 Å². The molecular formula is C33H54O8S. The molecule has 4 aliphatic carbocycles. The van der Waals surface area contributed by atoms with Gasteiger partial charge in [-0.2, -0.15) is 0 Å². The van der Waals surface area contributed by atoms with E-state index in [9.17, 15) is 25.2 Å². The molecule has 0 bridgehead atoms. The number of fused-ring (bicyclic) bond motifs is 5. The van der Waals surface area contributed by atoms with Crippen molar-refractivity contribution in [1.29, 1.82) is 0 Å². The van der Waals surface area contributed by atoms with Crippen LogP contribution in [-0.4, -0.2) is 88.4 Å². The van der Waals surface area contributed by atoms with E-state index in [1.165, 1.54) is 31.7 Å². The van der Waals surface area contributed by atoms with Gasteiger partial charge in [0.15, 0.2) is 0 Å². The van der Waals surface area contributed by atoms with Gasteiger partial charge in [-0.3, -0.25) is 4.79 Å². The van der Waals surface area contributed by atoms with Crippen LogP contribution in [0.3, 0.4) is 0 Å². The summed E-state index contributed by atoms with van der Waals surface area (Å²) in [5, 5.41) is 39.4. The highest BCUT2D eigenvalue weighted by molar-refractivity contribution is 7.99. The van der Waals surface area contributed by atoms with Crippen molar-refractivity contribution >= 4 is 17.7 Å². The van der Waals surface area contributed by atoms with Gasteiger partial charge in [-0.15, -0.1) is 11.8 Å². The lowest BCUT2D eigenvalue weighted by atomic mass is 9.47. The maximum absolute atomic E-state index is 12.6. The number of carbonyl (C=O) groups excluding carboxylic acids is 1. The summed E-state index contributed by atoms with van der Waals surface area (Å²) in [6.45, 7) is 5.28. The van der Waals surface area contributed by atoms with Crippen LogP contribution in [0.25, 0.3) is 0 Å². The molecule has 5 aliphatic rings. The second kappa shape index (κ2) is 13.8. The van der Waals surface area contributed by atoms with Gasteiger partial charge in [-0.25, -0.2) is 0 Å². The van der Waals surface area contributed by atoms with E-state index >= 15 is 0 Å². The first-order valence-electron chi connectivity index (χ1n) is 16.4. The molecule has 4 fully saturated rings. The minimum atomic E-state index is -1.31. The Kier molecular flexibility index (Phi) is 10.7. The molecule has 1 saturated heterocycles. The molecule has 4 N–H and O–H groups in total. The molecule has 0 spiro atoms. The SMILES string of the molecule is COC(=O)[C@H]1CCC2C3CC=C4C[C@@H](OCCCCCCS[C@@H]5O[C@H](CO)[C@@H](O)[C@H](O)[C@@H]5O)CC[C@]4(C)C3CC[C@@]21C. The van der Waals surface area contributed by atoms with Crippen LogP contribution in [0.5, 0.6) is 0 Å². The number of aliphatic hydroxyl groups is 4. The normalized spacial score (nSPS) is 45.0. The fraction of sp³-hybridized carbons (Fsp3) is 0.909. The number of carbonyl (C=O) groups is 1. The van der Waals surface area contributed by atoms with Gasteiger partial charge < -0.3 is 34.6 Å². The number of aliphatic hydroxyl groups excluding tert-OH is 4. The lowest BCUT2D eigenvalue weighted by molar-refractivity contribution is -0.205. The summed E-state index contributed by atoms with van der Waals surface area (Å²) in [7, 11) is 1.54. The lowest BCUT2D eigenvalue weighted by Crippen LogP contribution is -2.57. The highest BCUT2D eigenvalue weighted by Gasteiger charge is 2.60. The van der Waals surface area contributed by atoms with E-state index < -0.39 is 29.9 Å². The average Bonchev–Trinajstić information content (AvgIpc) is 3.35. The topological polar surface area (TPSA) is 126 Å². The van der Waals surface area contributed by atoms with Crippen LogP contribution in [0.15, 0.2) is 11.6 Å². The Morgan fingerprint density at radius 1 is 1.00 bits per heavy atom. The molecule has 0 amide bonds. The molecule has 12 atom stereocenters. The second-order valence-electron chi connectivity index (χ2n) is 14.2. The van der Waals surface area contributed by atoms with Crippen molar-refractivity contribution in [2.24, 2.45) is 34.5 Å². The van der Waals surface area contributed by atoms with E-state index in [0.717, 1.165) is 76.6 Å². The van der Waals surface area contributed by atoms with E-state index in [0.29, 0.717) is 23.9 Å². The van der Waals surface area contributed by atoms with Gasteiger partial charge in [0.2, 0.25) is 0 Å². The fourth-order valence-corrected chi connectivity index (χ4v) is 10.7. The maximum atomic E-state index is 12.6. The molecule has 0 radical (unpaired) electrons. The number of esters is 1. The third-order valence-electron chi connectivity index (χ3n) is 12.1. The predicted molar refractivity (Wildman–Crippen MR) is 162 cm³/mol. The van der Waals surface area contributed by atoms with Crippen LogP contribution >= 0.6 is 11.8 Å². The van der Waals surface area contributed by atoms with Crippen LogP contribution in [0.1, 0.15) is 90.9 Å². The number of thioether (sulfide) groups is 1. The van der Waals surface area contributed by atoms with Crippen molar-refractivity contribution in [3.63, 3.8) is 0 Å². The average molecular weight is 611 g/mol. The Bertz CT molecular complexity index is 958. The molecule has 1 heterocycles. The van der Waals surface area contributed by atoms with Crippen molar-refractivity contribution in [3.05, 3.63) is 11.6 Å². The zero-order chi connectivity index (χ0) is 30.1. The molecule has 42 heavy (non-hydrogen) atoms. The Hall–Kier alpha value is -0.680. The first-order chi connectivity index (χ1) is 20.1. The zero-order valence-corrected chi connectivity index (χ0v) is 26.6. The second-order valence-corrected chi connectivity index (χ2v) is 15.4. The summed E-state index contributed by atoms with van der Waals surface area (Å²) >= 11 is 1.43. The third kappa shape index (κ3) is 6.22. The van der Waals surface area contributed by atoms with Crippen molar-refractivity contribution in [2.45, 2.75) is 127 Å². The van der Waals surface area contributed by atoms with Gasteiger partial charge in [0.05, 0.1) is 25.7 Å². The number of hydrogen-bond donors (Lipinski definition) is 4. The van der Waals surface area contributed by atoms with E-state index in [1.54, 1.807) is 5.57 Å². The fourth-order valence-electron chi connectivity index (χ4n) is 9.51.